The lowest BCUT2D eigenvalue weighted by Crippen LogP contribution is -1.98. The van der Waals surface area contributed by atoms with Gasteiger partial charge < -0.3 is 4.79 Å². The predicted octanol–water partition coefficient (Wildman–Crippen LogP) is 0.679. The first-order chi connectivity index (χ1) is 3.72. The van der Waals surface area contributed by atoms with Crippen molar-refractivity contribution < 1.29 is 4.79 Å². The average molecular weight is 124 g/mol. The molecule has 8 heavy (non-hydrogen) atoms. The Kier molecular flexibility index (Phi) is 2.39. The highest BCUT2D eigenvalue weighted by molar-refractivity contribution is 7.82. The van der Waals surface area contributed by atoms with Crippen LogP contribution >= 0.6 is 12.2 Å². The molecule has 0 saturated heterocycles. The first-order valence-corrected chi connectivity index (χ1v) is 1.96. The number of hydrogen-bond donors (Lipinski definition) is 0. The molecule has 0 spiro atoms. The van der Waals surface area contributed by atoms with Crippen molar-refractivity contribution in [2.75, 3.05) is 0 Å². The van der Waals surface area contributed by atoms with E-state index in [1.165, 1.54) is 0 Å². The lowest BCUT2D eigenvalue weighted by atomic mass is 10.6. The molecule has 4 heteroatoms. The third-order valence-electron chi connectivity index (χ3n) is 0.386. The Bertz CT molecular complexity index is 183. The quantitative estimate of drug-likeness (QED) is 0.350. The van der Waals surface area contributed by atoms with Crippen molar-refractivity contribution in [2.24, 2.45) is 0 Å². The molecule has 0 aromatic carbocycles. The molecule has 0 rings (SSSR count). The number of rotatable bonds is 0. The molecule has 0 radical (unpaired) electrons. The van der Waals surface area contributed by atoms with Crippen LogP contribution in [0.25, 0.3) is 9.69 Å². The van der Waals surface area contributed by atoms with E-state index in [0.29, 0.717) is 0 Å². The molecule has 0 N–H and O–H groups in total. The van der Waals surface area contributed by atoms with E-state index in [9.17, 15) is 4.79 Å². The largest absolute Gasteiger partial charge is 0.395 e. The molecule has 0 aliphatic carbocycles. The normalized spacial score (nSPS) is 6.25. The van der Waals surface area contributed by atoms with Crippen LogP contribution in [-0.2, 0) is 4.79 Å². The molecule has 0 aliphatic rings. The van der Waals surface area contributed by atoms with Crippen molar-refractivity contribution in [1.29, 1.82) is 0 Å². The van der Waals surface area contributed by atoms with E-state index in [-0.39, 0.29) is 0 Å². The predicted molar refractivity (Wildman–Crippen MR) is 30.8 cm³/mol. The third-order valence-corrected chi connectivity index (χ3v) is 0.652. The topological polar surface area (TPSA) is 25.8 Å². The highest BCUT2D eigenvalue weighted by Gasteiger charge is 2.05. The molecule has 0 fully saturated rings. The Balaban J connectivity index is 4.16. The van der Waals surface area contributed by atoms with E-state index in [4.69, 9.17) is 13.1 Å². The fourth-order valence-electron chi connectivity index (χ4n) is 0.0956. The second-order valence-electron chi connectivity index (χ2n) is 0.834. The van der Waals surface area contributed by atoms with Crippen LogP contribution in [0.5, 0.6) is 0 Å². The van der Waals surface area contributed by atoms with Gasteiger partial charge in [-0.05, 0) is 0 Å². The van der Waals surface area contributed by atoms with Gasteiger partial charge in [0.2, 0.25) is 0 Å². The van der Waals surface area contributed by atoms with Gasteiger partial charge in [-0.2, -0.15) is 0 Å². The van der Waals surface area contributed by atoms with E-state index in [1.54, 1.807) is 0 Å². The zero-order valence-corrected chi connectivity index (χ0v) is 4.53. The summed E-state index contributed by atoms with van der Waals surface area (Å²) < 4.78 is 0. The summed E-state index contributed by atoms with van der Waals surface area (Å²) in [6.07, 6.45) is 0. The molecular weight excluding hydrogens is 124 g/mol. The fraction of sp³-hybridized carbons (Fsp3) is 0. The lowest BCUT2D eigenvalue weighted by molar-refractivity contribution is -0.108. The number of nitrogens with zero attached hydrogens (tertiary/aromatic N) is 2. The van der Waals surface area contributed by atoms with Gasteiger partial charge in [0, 0.05) is 0 Å². The van der Waals surface area contributed by atoms with Gasteiger partial charge in [0.15, 0.2) is 0 Å². The molecule has 1 amide bonds. The molecule has 0 aliphatic heterocycles. The van der Waals surface area contributed by atoms with Crippen molar-refractivity contribution in [3.8, 4) is 0 Å². The summed E-state index contributed by atoms with van der Waals surface area (Å²) in [5.74, 6) is -0.949. The van der Waals surface area contributed by atoms with Crippen LogP contribution < -0.4 is 0 Å². The summed E-state index contributed by atoms with van der Waals surface area (Å²) in [6, 6.07) is 0. The minimum absolute atomic E-state index is 0.486. The van der Waals surface area contributed by atoms with Gasteiger partial charge in [0.25, 0.3) is 4.99 Å². The van der Waals surface area contributed by atoms with Crippen LogP contribution in [0.4, 0.5) is 0 Å². The van der Waals surface area contributed by atoms with Crippen molar-refractivity contribution in [1.82, 2.24) is 0 Å². The van der Waals surface area contributed by atoms with E-state index in [2.05, 4.69) is 21.9 Å². The van der Waals surface area contributed by atoms with Crippen LogP contribution in [-0.4, -0.2) is 10.9 Å². The molecule has 0 saturated carbocycles. The Morgan fingerprint density at radius 2 is 1.88 bits per heavy atom. The molecule has 0 bridgehead atoms. The van der Waals surface area contributed by atoms with Crippen LogP contribution in [0.2, 0.25) is 0 Å². The van der Waals surface area contributed by atoms with Gasteiger partial charge in [-0.25, -0.2) is 9.69 Å². The Labute approximate surface area is 51.6 Å². The van der Waals surface area contributed by atoms with Gasteiger partial charge in [-0.15, -0.1) is 12.2 Å². The van der Waals surface area contributed by atoms with Gasteiger partial charge in [0.1, 0.15) is 0 Å². The fourth-order valence-corrected chi connectivity index (χ4v) is 0.141. The summed E-state index contributed by atoms with van der Waals surface area (Å²) in [5.41, 5.74) is 0. The third kappa shape index (κ3) is 1.46. The number of carbonyl (C=O) groups excluding carboxylic acids is 1. The molecule has 0 unspecified atom stereocenters. The molecule has 38 valence electrons. The van der Waals surface area contributed by atoms with E-state index in [0.717, 1.165) is 0 Å². The summed E-state index contributed by atoms with van der Waals surface area (Å²) in [7, 11) is 0. The highest BCUT2D eigenvalue weighted by atomic mass is 32.1. The van der Waals surface area contributed by atoms with Crippen molar-refractivity contribution in [3.63, 3.8) is 0 Å². The van der Waals surface area contributed by atoms with Crippen LogP contribution in [0.3, 0.4) is 0 Å². The van der Waals surface area contributed by atoms with Gasteiger partial charge >= 0.3 is 5.91 Å². The van der Waals surface area contributed by atoms with Gasteiger partial charge in [-0.1, -0.05) is 0 Å². The number of carbonyl (C=O) groups is 1. The van der Waals surface area contributed by atoms with Crippen molar-refractivity contribution >= 4 is 23.1 Å². The summed E-state index contributed by atoms with van der Waals surface area (Å²) in [4.78, 5) is 14.5. The maximum atomic E-state index is 10.0. The Morgan fingerprint density at radius 1 is 1.38 bits per heavy atom. The number of amides is 1. The summed E-state index contributed by atoms with van der Waals surface area (Å²) in [6.45, 7) is 12.2. The second kappa shape index (κ2) is 2.84. The first kappa shape index (κ1) is 6.74. The zero-order valence-electron chi connectivity index (χ0n) is 3.71. The Hall–Kier alpha value is -1.26. The lowest BCUT2D eigenvalue weighted by Gasteiger charge is -1.73. The second-order valence-corrected chi connectivity index (χ2v) is 1.22. The highest BCUT2D eigenvalue weighted by Crippen LogP contribution is 1.82. The molecule has 0 heterocycles. The van der Waals surface area contributed by atoms with Crippen LogP contribution in [0.15, 0.2) is 0 Å². The van der Waals surface area contributed by atoms with Gasteiger partial charge in [0.05, 0.1) is 13.1 Å². The van der Waals surface area contributed by atoms with E-state index >= 15 is 0 Å². The monoisotopic (exact) mass is 124 g/mol. The van der Waals surface area contributed by atoms with Crippen molar-refractivity contribution in [2.45, 2.75) is 0 Å². The maximum Gasteiger partial charge on any atom is 0.395 e. The SMILES string of the molecule is [C-]#[N+]C(=O)C(=S)[N+]#[C-]. The molecule has 0 aromatic rings. The van der Waals surface area contributed by atoms with Crippen LogP contribution in [0, 0.1) is 13.1 Å². The minimum atomic E-state index is -0.949. The summed E-state index contributed by atoms with van der Waals surface area (Å²) >= 11 is 4.16. The van der Waals surface area contributed by atoms with Crippen LogP contribution in [0.1, 0.15) is 0 Å². The minimum Gasteiger partial charge on any atom is -0.320 e. The average Bonchev–Trinajstić information content (AvgIpc) is 1.84. The van der Waals surface area contributed by atoms with Gasteiger partial charge in [-0.3, -0.25) is 0 Å². The van der Waals surface area contributed by atoms with Crippen molar-refractivity contribution in [3.05, 3.63) is 22.8 Å². The molecule has 3 nitrogen and oxygen atoms in total. The Morgan fingerprint density at radius 3 is 2.00 bits per heavy atom. The molecular formula is C4N2OS. The van der Waals surface area contributed by atoms with E-state index in [1.807, 2.05) is 0 Å². The summed E-state index contributed by atoms with van der Waals surface area (Å²) in [5, 5.41) is 0. The standard InChI is InChI=1S/C4N2OS/c1-5-3(7)4(8)6-2. The molecule has 0 aromatic heterocycles. The number of thiocarbonyl (C=S) groups is 1. The zero-order chi connectivity index (χ0) is 6.57. The van der Waals surface area contributed by atoms with E-state index < -0.39 is 10.9 Å². The maximum absolute atomic E-state index is 10.0. The molecule has 0 atom stereocenters. The smallest absolute Gasteiger partial charge is 0.320 e. The number of hydrogen-bond acceptors (Lipinski definition) is 2. The first-order valence-electron chi connectivity index (χ1n) is 1.55.